The van der Waals surface area contributed by atoms with Crippen molar-refractivity contribution in [2.45, 2.75) is 108 Å². The first kappa shape index (κ1) is 45.0. The lowest BCUT2D eigenvalue weighted by Crippen LogP contribution is -2.51. The molecule has 2 amide bonds. The van der Waals surface area contributed by atoms with E-state index in [9.17, 15) is 32.7 Å². The molecule has 3 N–H and O–H groups in total. The van der Waals surface area contributed by atoms with Gasteiger partial charge in [-0.3, -0.25) is 33.8 Å². The van der Waals surface area contributed by atoms with Crippen molar-refractivity contribution in [3.63, 3.8) is 0 Å². The Bertz CT molecular complexity index is 2550. The number of piperazine rings is 1. The summed E-state index contributed by atoms with van der Waals surface area (Å²) in [6, 6.07) is 13.1. The smallest absolute Gasteiger partial charge is 0.391 e. The predicted octanol–water partition coefficient (Wildman–Crippen LogP) is 5.37. The van der Waals surface area contributed by atoms with Crippen LogP contribution in [-0.4, -0.2) is 132 Å². The fourth-order valence-corrected chi connectivity index (χ4v) is 10.1. The Balaban J connectivity index is 0.714. The van der Waals surface area contributed by atoms with Crippen LogP contribution in [-0.2, 0) is 34.5 Å². The largest absolute Gasteiger partial charge is 0.393 e. The number of aromatic nitrogens is 5. The summed E-state index contributed by atoms with van der Waals surface area (Å²) in [7, 11) is 1.71. The number of imidazole rings is 1. The fourth-order valence-electron chi connectivity index (χ4n) is 10.1. The molecule has 3 aromatic heterocycles. The van der Waals surface area contributed by atoms with Gasteiger partial charge in [-0.15, -0.1) is 0 Å². The van der Waals surface area contributed by atoms with Gasteiger partial charge in [-0.1, -0.05) is 30.3 Å². The van der Waals surface area contributed by atoms with E-state index in [4.69, 9.17) is 9.72 Å². The monoisotopic (exact) mass is 900 g/mol. The van der Waals surface area contributed by atoms with Gasteiger partial charge in [0, 0.05) is 114 Å². The number of aliphatic hydroxyl groups excluding tert-OH is 1. The number of carbonyl (C=O) groups is 2. The molecule has 65 heavy (non-hydrogen) atoms. The number of halogens is 3. The number of likely N-dealkylation sites (tertiary alicyclic amines) is 1. The number of hydrogen-bond donors (Lipinski definition) is 3. The van der Waals surface area contributed by atoms with Crippen LogP contribution in [0.5, 0.6) is 0 Å². The van der Waals surface area contributed by atoms with E-state index in [0.717, 1.165) is 112 Å². The minimum absolute atomic E-state index is 0.127. The zero-order valence-electron chi connectivity index (χ0n) is 37.1. The van der Waals surface area contributed by atoms with Gasteiger partial charge in [0.05, 0.1) is 29.7 Å². The average molecular weight is 901 g/mol. The van der Waals surface area contributed by atoms with Crippen molar-refractivity contribution in [3.8, 4) is 11.1 Å². The summed E-state index contributed by atoms with van der Waals surface area (Å²) < 4.78 is 50.6. The van der Waals surface area contributed by atoms with E-state index in [1.54, 1.807) is 17.8 Å². The molecule has 4 fully saturated rings. The summed E-state index contributed by atoms with van der Waals surface area (Å²) >= 11 is 0. The number of imide groups is 1. The van der Waals surface area contributed by atoms with Gasteiger partial charge in [-0.2, -0.15) is 18.2 Å². The molecule has 0 radical (unpaired) electrons. The third-order valence-electron chi connectivity index (χ3n) is 13.7. The molecule has 4 aliphatic rings. The maximum absolute atomic E-state index is 13.1. The molecular weight excluding hydrogens is 842 g/mol. The van der Waals surface area contributed by atoms with Gasteiger partial charge in [0.1, 0.15) is 11.7 Å². The molecule has 348 valence electrons. The quantitative estimate of drug-likeness (QED) is 0.0919. The number of aryl methyl sites for hydroxylation is 1. The minimum atomic E-state index is -4.29. The minimum Gasteiger partial charge on any atom is -0.393 e. The fraction of sp³-hybridized carbons (Fsp3) is 0.553. The van der Waals surface area contributed by atoms with Gasteiger partial charge in [-0.25, -0.2) is 9.78 Å². The average Bonchev–Trinajstić information content (AvgIpc) is 3.75. The molecule has 6 heterocycles. The summed E-state index contributed by atoms with van der Waals surface area (Å²) in [4.78, 5) is 53.8. The number of nitrogens with zero attached hydrogens (tertiary/aromatic N) is 8. The Morgan fingerprint density at radius 3 is 2.34 bits per heavy atom. The molecule has 5 aromatic rings. The molecule has 15 nitrogen and oxygen atoms in total. The molecule has 2 atom stereocenters. The van der Waals surface area contributed by atoms with Crippen LogP contribution in [0.4, 0.5) is 19.1 Å². The van der Waals surface area contributed by atoms with Crippen molar-refractivity contribution >= 4 is 39.8 Å². The Hall–Kier alpha value is -5.14. The normalized spacial score (nSPS) is 22.4. The van der Waals surface area contributed by atoms with E-state index in [0.29, 0.717) is 30.4 Å². The summed E-state index contributed by atoms with van der Waals surface area (Å²) in [5.41, 5.74) is 6.20. The standard InChI is InChI=1S/C47H59F3N10O5/c1-30(23-47(48,49)50)52-45-51-24-37-38(29-59(43(37)54-45)34-9-11-35(61)12-10-34)33-7-4-31(5-8-33)25-57-19-17-56(18-20-57)16-3-21-65-36-27-58(28-36)26-32-6-13-39-41(22-32)55(2)46(64)60(39)40-14-15-42(62)53-44(40)63/h4-8,13,22,24,29-30,34-36,40,61H,3,9-12,14-21,23,25-28H2,1-2H3,(H,51,52,54)(H,53,62,63)/t30-,34?,35?,40?/m1/s1. The number of ether oxygens (including phenoxy) is 1. The van der Waals surface area contributed by atoms with Gasteiger partial charge < -0.3 is 24.6 Å². The zero-order chi connectivity index (χ0) is 45.4. The number of benzene rings is 2. The first-order chi connectivity index (χ1) is 31.2. The van der Waals surface area contributed by atoms with E-state index < -0.39 is 30.6 Å². The van der Waals surface area contributed by atoms with E-state index in [2.05, 4.69) is 65.3 Å². The number of alkyl halides is 3. The number of nitrogens with one attached hydrogen (secondary N) is 2. The van der Waals surface area contributed by atoms with Gasteiger partial charge >= 0.3 is 11.9 Å². The van der Waals surface area contributed by atoms with Crippen LogP contribution in [0.15, 0.2) is 59.7 Å². The molecule has 0 spiro atoms. The first-order valence-electron chi connectivity index (χ1n) is 23.0. The Labute approximate surface area is 375 Å². The second-order valence-corrected chi connectivity index (χ2v) is 18.6. The maximum atomic E-state index is 13.1. The van der Waals surface area contributed by atoms with Crippen molar-refractivity contribution in [1.29, 1.82) is 0 Å². The molecule has 18 heteroatoms. The van der Waals surface area contributed by atoms with E-state index >= 15 is 0 Å². The van der Waals surface area contributed by atoms with Crippen LogP contribution < -0.4 is 16.3 Å². The van der Waals surface area contributed by atoms with Crippen LogP contribution in [0, 0.1) is 0 Å². The van der Waals surface area contributed by atoms with Gasteiger partial charge in [0.2, 0.25) is 17.8 Å². The second kappa shape index (κ2) is 19.0. The molecule has 9 rings (SSSR count). The number of amides is 2. The molecule has 1 saturated carbocycles. The Morgan fingerprint density at radius 1 is 0.908 bits per heavy atom. The number of rotatable bonds is 15. The van der Waals surface area contributed by atoms with E-state index in [1.807, 2.05) is 18.2 Å². The zero-order valence-corrected chi connectivity index (χ0v) is 37.1. The highest BCUT2D eigenvalue weighted by Gasteiger charge is 2.33. The number of carbonyl (C=O) groups excluding carboxylic acids is 2. The summed E-state index contributed by atoms with van der Waals surface area (Å²) in [6.07, 6.45) is 2.90. The van der Waals surface area contributed by atoms with Crippen molar-refractivity contribution in [1.82, 2.24) is 43.7 Å². The van der Waals surface area contributed by atoms with Crippen molar-refractivity contribution in [2.24, 2.45) is 7.05 Å². The summed E-state index contributed by atoms with van der Waals surface area (Å²) in [5.74, 6) is -0.568. The molecule has 3 aliphatic heterocycles. The van der Waals surface area contributed by atoms with Crippen LogP contribution >= 0.6 is 0 Å². The van der Waals surface area contributed by atoms with Crippen molar-refractivity contribution in [2.75, 3.05) is 57.7 Å². The summed E-state index contributed by atoms with van der Waals surface area (Å²) in [5, 5.41) is 16.2. The number of fused-ring (bicyclic) bond motifs is 2. The summed E-state index contributed by atoms with van der Waals surface area (Å²) in [6.45, 7) is 10.5. The first-order valence-corrected chi connectivity index (χ1v) is 23.0. The third kappa shape index (κ3) is 10.3. The lowest BCUT2D eigenvalue weighted by molar-refractivity contribution is -0.137. The Morgan fingerprint density at radius 2 is 1.62 bits per heavy atom. The lowest BCUT2D eigenvalue weighted by atomic mass is 9.93. The highest BCUT2D eigenvalue weighted by molar-refractivity contribution is 6.00. The number of hydrogen-bond acceptors (Lipinski definition) is 11. The highest BCUT2D eigenvalue weighted by Crippen LogP contribution is 2.37. The number of piperidine rings is 1. The molecule has 3 saturated heterocycles. The van der Waals surface area contributed by atoms with E-state index in [-0.39, 0.29) is 42.2 Å². The highest BCUT2D eigenvalue weighted by atomic mass is 19.4. The van der Waals surface area contributed by atoms with Crippen LogP contribution in [0.3, 0.4) is 0 Å². The van der Waals surface area contributed by atoms with Gasteiger partial charge in [0.25, 0.3) is 0 Å². The van der Waals surface area contributed by atoms with Crippen LogP contribution in [0.1, 0.15) is 81.5 Å². The SMILES string of the molecule is C[C@H](CC(F)(F)F)Nc1ncc2c(-c3ccc(CN4CCN(CCCOC5CN(Cc6ccc7c(c6)n(C)c(=O)n7C6CCC(=O)NC6=O)C5)CC4)cc3)cn(C3CCC(O)CC3)c2n1. The molecule has 0 bridgehead atoms. The van der Waals surface area contributed by atoms with Crippen molar-refractivity contribution in [3.05, 3.63) is 76.5 Å². The maximum Gasteiger partial charge on any atom is 0.391 e. The topological polar surface area (TPSA) is 155 Å². The molecule has 1 unspecified atom stereocenters. The Kier molecular flexibility index (Phi) is 13.2. The van der Waals surface area contributed by atoms with Gasteiger partial charge in [0.15, 0.2) is 0 Å². The molecule has 2 aromatic carbocycles. The number of anilines is 1. The van der Waals surface area contributed by atoms with Gasteiger partial charge in [-0.05, 0) is 74.3 Å². The molecule has 1 aliphatic carbocycles. The van der Waals surface area contributed by atoms with Crippen molar-refractivity contribution < 1.29 is 32.6 Å². The number of aliphatic hydroxyl groups is 1. The predicted molar refractivity (Wildman–Crippen MR) is 240 cm³/mol. The van der Waals surface area contributed by atoms with E-state index in [1.165, 1.54) is 17.1 Å². The van der Waals surface area contributed by atoms with Crippen LogP contribution in [0.25, 0.3) is 33.2 Å². The lowest BCUT2D eigenvalue weighted by Gasteiger charge is -2.39. The third-order valence-corrected chi connectivity index (χ3v) is 13.7. The molecular formula is C47H59F3N10O5. The van der Waals surface area contributed by atoms with Crippen LogP contribution in [0.2, 0.25) is 0 Å². The second-order valence-electron chi connectivity index (χ2n) is 18.6.